The van der Waals surface area contributed by atoms with Gasteiger partial charge in [-0.1, -0.05) is 58.3 Å². The van der Waals surface area contributed by atoms with E-state index in [2.05, 4.69) is 21.0 Å². The molecule has 1 N–H and O–H groups in total. The average molecular weight is 361 g/mol. The molecule has 0 aromatic carbocycles. The topological polar surface area (TPSA) is 54.4 Å². The van der Waals surface area contributed by atoms with Crippen LogP contribution in [0.3, 0.4) is 0 Å². The standard InChI is InChI=1S/C17H37NO3S.Na.H/c1-4-5-6-7-8-9-10-11-12-13-15-18(2,3)16-14-17-22(19,20)21;;/h4-17H2,1-3H3;;/q;+1;-1/p+1. The van der Waals surface area contributed by atoms with Gasteiger partial charge >= 0.3 is 29.6 Å². The van der Waals surface area contributed by atoms with Crippen molar-refractivity contribution in [2.75, 3.05) is 32.9 Å². The van der Waals surface area contributed by atoms with Crippen LogP contribution in [0.4, 0.5) is 0 Å². The summed E-state index contributed by atoms with van der Waals surface area (Å²) < 4.78 is 31.0. The molecule has 0 atom stereocenters. The first-order valence-corrected chi connectivity index (χ1v) is 10.6. The van der Waals surface area contributed by atoms with Crippen LogP contribution in [0, 0.1) is 0 Å². The summed E-state index contributed by atoms with van der Waals surface area (Å²) in [5.41, 5.74) is 0. The van der Waals surface area contributed by atoms with Crippen molar-refractivity contribution in [3.05, 3.63) is 0 Å². The minimum absolute atomic E-state index is 0. The van der Waals surface area contributed by atoms with Gasteiger partial charge in [0.2, 0.25) is 0 Å². The summed E-state index contributed by atoms with van der Waals surface area (Å²) in [5, 5.41) is 0. The Morgan fingerprint density at radius 3 is 1.61 bits per heavy atom. The van der Waals surface area contributed by atoms with Gasteiger partial charge in [-0.15, -0.1) is 0 Å². The van der Waals surface area contributed by atoms with Crippen LogP contribution in [0.15, 0.2) is 0 Å². The summed E-state index contributed by atoms with van der Waals surface area (Å²) in [5.74, 6) is -0.118. The quantitative estimate of drug-likeness (QED) is 0.208. The van der Waals surface area contributed by atoms with Gasteiger partial charge < -0.3 is 5.91 Å². The van der Waals surface area contributed by atoms with E-state index in [1.807, 2.05) is 0 Å². The molecule has 0 bridgehead atoms. The van der Waals surface area contributed by atoms with E-state index in [1.165, 1.54) is 64.2 Å². The van der Waals surface area contributed by atoms with Crippen molar-refractivity contribution in [2.24, 2.45) is 0 Å². The third-order valence-electron chi connectivity index (χ3n) is 4.28. The van der Waals surface area contributed by atoms with Crippen molar-refractivity contribution in [3.63, 3.8) is 0 Å². The summed E-state index contributed by atoms with van der Waals surface area (Å²) in [6, 6.07) is 0. The molecule has 0 spiro atoms. The van der Waals surface area contributed by atoms with Crippen LogP contribution in [-0.2, 0) is 10.1 Å². The molecular weight excluding hydrogens is 321 g/mol. The second-order valence-electron chi connectivity index (χ2n) is 7.20. The first-order chi connectivity index (χ1) is 10.3. The van der Waals surface area contributed by atoms with Crippen molar-refractivity contribution in [1.82, 2.24) is 0 Å². The van der Waals surface area contributed by atoms with E-state index in [0.717, 1.165) is 17.6 Å². The third-order valence-corrected chi connectivity index (χ3v) is 5.09. The van der Waals surface area contributed by atoms with E-state index in [4.69, 9.17) is 4.55 Å². The van der Waals surface area contributed by atoms with E-state index >= 15 is 0 Å². The molecule has 0 saturated carbocycles. The van der Waals surface area contributed by atoms with Gasteiger partial charge in [-0.25, -0.2) is 0 Å². The molecule has 0 aliphatic carbocycles. The molecule has 0 rings (SSSR count). The van der Waals surface area contributed by atoms with Gasteiger partial charge in [0.05, 0.1) is 32.9 Å². The van der Waals surface area contributed by atoms with Crippen LogP contribution in [0.1, 0.15) is 79.0 Å². The molecule has 0 unspecified atom stereocenters. The van der Waals surface area contributed by atoms with Crippen LogP contribution >= 0.6 is 0 Å². The Morgan fingerprint density at radius 1 is 0.783 bits per heavy atom. The number of unbranched alkanes of at least 4 members (excludes halogenated alkanes) is 9. The molecule has 0 aliphatic heterocycles. The van der Waals surface area contributed by atoms with Crippen LogP contribution in [-0.4, -0.2) is 50.4 Å². The first kappa shape index (κ1) is 26.1. The van der Waals surface area contributed by atoms with Gasteiger partial charge in [-0.05, 0) is 12.8 Å². The van der Waals surface area contributed by atoms with Crippen molar-refractivity contribution >= 4 is 10.1 Å². The average Bonchev–Trinajstić information content (AvgIpc) is 2.39. The second kappa shape index (κ2) is 15.2. The summed E-state index contributed by atoms with van der Waals surface area (Å²) in [7, 11) is 0.473. The molecule has 4 nitrogen and oxygen atoms in total. The summed E-state index contributed by atoms with van der Waals surface area (Å²) in [6.07, 6.45) is 13.9. The number of hydrogen-bond donors (Lipinski definition) is 1. The second-order valence-corrected chi connectivity index (χ2v) is 8.78. The summed E-state index contributed by atoms with van der Waals surface area (Å²) >= 11 is 0. The Balaban J connectivity index is -0.00000220. The van der Waals surface area contributed by atoms with Gasteiger partial charge in [0.25, 0.3) is 10.1 Å². The molecule has 0 amide bonds. The van der Waals surface area contributed by atoms with Gasteiger partial charge in [-0.3, -0.25) is 4.55 Å². The molecule has 136 valence electrons. The molecule has 0 aliphatic rings. The summed E-state index contributed by atoms with van der Waals surface area (Å²) in [4.78, 5) is 0. The van der Waals surface area contributed by atoms with Crippen molar-refractivity contribution in [1.29, 1.82) is 0 Å². The predicted molar refractivity (Wildman–Crippen MR) is 95.8 cm³/mol. The Morgan fingerprint density at radius 2 is 1.17 bits per heavy atom. The molecule has 0 heterocycles. The molecule has 23 heavy (non-hydrogen) atoms. The molecular formula is C17H39NNaO3S+. The SMILES string of the molecule is CCCCCCCCCCCC[N+](C)(C)CCCS(=O)(=O)O.[H-].[Na+]. The van der Waals surface area contributed by atoms with E-state index in [9.17, 15) is 8.42 Å². The minimum atomic E-state index is -3.80. The monoisotopic (exact) mass is 360 g/mol. The zero-order valence-electron chi connectivity index (χ0n) is 17.0. The van der Waals surface area contributed by atoms with Crippen LogP contribution in [0.5, 0.6) is 0 Å². The fourth-order valence-electron chi connectivity index (χ4n) is 2.81. The van der Waals surface area contributed by atoms with Crippen LogP contribution in [0.25, 0.3) is 0 Å². The van der Waals surface area contributed by atoms with E-state index < -0.39 is 10.1 Å². The third kappa shape index (κ3) is 20.8. The van der Waals surface area contributed by atoms with E-state index in [1.54, 1.807) is 0 Å². The number of quaternary nitrogens is 1. The normalized spacial score (nSPS) is 12.2. The minimum Gasteiger partial charge on any atom is -1.00 e. The number of hydrogen-bond acceptors (Lipinski definition) is 2. The predicted octanol–water partition coefficient (Wildman–Crippen LogP) is 1.38. The summed E-state index contributed by atoms with van der Waals surface area (Å²) in [6.45, 7) is 4.14. The van der Waals surface area contributed by atoms with Gasteiger partial charge in [0.15, 0.2) is 0 Å². The van der Waals surface area contributed by atoms with Crippen LogP contribution in [0.2, 0.25) is 0 Å². The molecule has 0 aromatic rings. The number of nitrogens with zero attached hydrogens (tertiary/aromatic N) is 1. The van der Waals surface area contributed by atoms with Crippen molar-refractivity contribution in [3.8, 4) is 0 Å². The van der Waals surface area contributed by atoms with Gasteiger partial charge in [-0.2, -0.15) is 8.42 Å². The van der Waals surface area contributed by atoms with E-state index in [-0.39, 0.29) is 36.7 Å². The maximum Gasteiger partial charge on any atom is 1.00 e. The fraction of sp³-hybridized carbons (Fsp3) is 1.00. The van der Waals surface area contributed by atoms with Crippen molar-refractivity contribution in [2.45, 2.75) is 77.6 Å². The first-order valence-electron chi connectivity index (χ1n) is 9.04. The molecule has 0 saturated heterocycles. The Hall–Kier alpha value is 0.870. The Labute approximate surface area is 168 Å². The van der Waals surface area contributed by atoms with Crippen molar-refractivity contribution < 1.29 is 48.4 Å². The Kier molecular flexibility index (Phi) is 17.2. The van der Waals surface area contributed by atoms with Gasteiger partial charge in [0, 0.05) is 6.42 Å². The van der Waals surface area contributed by atoms with E-state index in [0.29, 0.717) is 6.42 Å². The zero-order valence-corrected chi connectivity index (χ0v) is 18.8. The maximum atomic E-state index is 10.7. The maximum absolute atomic E-state index is 10.7. The smallest absolute Gasteiger partial charge is 1.00 e. The zero-order chi connectivity index (χ0) is 16.9. The molecule has 0 radical (unpaired) electrons. The molecule has 0 aromatic heterocycles. The fourth-order valence-corrected chi connectivity index (χ4v) is 3.31. The molecule has 6 heteroatoms. The molecule has 0 fully saturated rings. The van der Waals surface area contributed by atoms with Crippen LogP contribution < -0.4 is 29.6 Å². The van der Waals surface area contributed by atoms with Gasteiger partial charge in [0.1, 0.15) is 0 Å². The largest absolute Gasteiger partial charge is 1.00 e. The Bertz CT molecular complexity index is 365. The number of rotatable bonds is 15.